The second kappa shape index (κ2) is 15.7. The van der Waals surface area contributed by atoms with Crippen molar-refractivity contribution in [1.29, 1.82) is 0 Å². The first-order valence-electron chi connectivity index (χ1n) is 17.4. The molecule has 0 radical (unpaired) electrons. The number of rotatable bonds is 12. The minimum Gasteiger partial charge on any atom is -0.413 e. The van der Waals surface area contributed by atoms with Crippen LogP contribution < -0.4 is 27.1 Å². The molecular formula is C42H42N3O6P3. The molecule has 6 aromatic rings. The van der Waals surface area contributed by atoms with Gasteiger partial charge in [-0.25, -0.2) is 0 Å². The van der Waals surface area contributed by atoms with E-state index in [0.29, 0.717) is 34.5 Å². The van der Waals surface area contributed by atoms with Gasteiger partial charge in [-0.1, -0.05) is 120 Å². The summed E-state index contributed by atoms with van der Waals surface area (Å²) in [4.78, 5) is 0. The standard InChI is InChI=1S/C42H42N3O6P3/c1-31-7-19-37(20-8-31)46-52(47-38-21-9-32(2)10-22-38)43-53(48-39-23-11-33(3)12-24-39,49-40-25-13-34(4)14-26-40)45-54(44-52,50-41-27-15-35(5)16-28-41)51-42-29-17-36(6)18-30-42/h7-30H,1-6H3. The highest BCUT2D eigenvalue weighted by Gasteiger charge is 2.49. The highest BCUT2D eigenvalue weighted by molar-refractivity contribution is 7.79. The van der Waals surface area contributed by atoms with Crippen molar-refractivity contribution in [3.8, 4) is 34.5 Å². The van der Waals surface area contributed by atoms with E-state index in [0.717, 1.165) is 33.4 Å². The molecule has 0 unspecified atom stereocenters. The molecule has 0 spiro atoms. The first-order valence-corrected chi connectivity index (χ1v) is 22.0. The molecule has 0 atom stereocenters. The molecule has 0 bridgehead atoms. The van der Waals surface area contributed by atoms with Crippen molar-refractivity contribution in [3.05, 3.63) is 179 Å². The maximum absolute atomic E-state index is 6.90. The summed E-state index contributed by atoms with van der Waals surface area (Å²) in [5.41, 5.74) is 6.34. The third kappa shape index (κ3) is 9.29. The molecule has 7 rings (SSSR count). The summed E-state index contributed by atoms with van der Waals surface area (Å²) in [6.45, 7) is 12.1. The maximum Gasteiger partial charge on any atom is 0.460 e. The zero-order valence-corrected chi connectivity index (χ0v) is 33.7. The van der Waals surface area contributed by atoms with Crippen LogP contribution in [0.15, 0.2) is 159 Å². The van der Waals surface area contributed by atoms with Crippen LogP contribution >= 0.6 is 23.0 Å². The van der Waals surface area contributed by atoms with Gasteiger partial charge in [-0.15, -0.1) is 0 Å². The molecule has 276 valence electrons. The SMILES string of the molecule is Cc1ccc(OP2(Oc3ccc(C)cc3)=NP(Oc3ccc(C)cc3)(Oc3ccc(C)cc3)=NP(Oc3ccc(C)cc3)(Oc3ccc(C)cc3)=N2)cc1. The molecule has 0 saturated carbocycles. The summed E-state index contributed by atoms with van der Waals surface area (Å²) < 4.78 is 57.3. The lowest BCUT2D eigenvalue weighted by atomic mass is 10.2. The van der Waals surface area contributed by atoms with Crippen LogP contribution in [0.2, 0.25) is 0 Å². The molecule has 1 aliphatic heterocycles. The van der Waals surface area contributed by atoms with Gasteiger partial charge in [-0.05, 0) is 114 Å². The van der Waals surface area contributed by atoms with Crippen molar-refractivity contribution in [2.24, 2.45) is 13.5 Å². The molecule has 0 aromatic heterocycles. The molecule has 0 fully saturated rings. The monoisotopic (exact) mass is 777 g/mol. The fraction of sp³-hybridized carbons (Fsp3) is 0.143. The molecule has 0 amide bonds. The van der Waals surface area contributed by atoms with E-state index in [2.05, 4.69) is 0 Å². The number of nitrogens with zero attached hydrogens (tertiary/aromatic N) is 3. The molecule has 9 nitrogen and oxygen atoms in total. The van der Waals surface area contributed by atoms with E-state index in [4.69, 9.17) is 40.7 Å². The highest BCUT2D eigenvalue weighted by Crippen LogP contribution is 2.78. The lowest BCUT2D eigenvalue weighted by Gasteiger charge is -2.33. The molecule has 12 heteroatoms. The lowest BCUT2D eigenvalue weighted by Crippen LogP contribution is -2.11. The average Bonchev–Trinajstić information content (AvgIpc) is 3.14. The van der Waals surface area contributed by atoms with Crippen LogP contribution in [-0.4, -0.2) is 0 Å². The molecule has 0 saturated heterocycles. The molecule has 1 heterocycles. The van der Waals surface area contributed by atoms with E-state index in [1.807, 2.05) is 187 Å². The summed E-state index contributed by atoms with van der Waals surface area (Å²) in [6.07, 6.45) is 0. The van der Waals surface area contributed by atoms with Crippen molar-refractivity contribution in [1.82, 2.24) is 0 Å². The minimum absolute atomic E-state index is 0.475. The van der Waals surface area contributed by atoms with E-state index >= 15 is 0 Å². The van der Waals surface area contributed by atoms with Gasteiger partial charge >= 0.3 is 23.0 Å². The Kier molecular flexibility index (Phi) is 10.8. The molecule has 54 heavy (non-hydrogen) atoms. The first-order chi connectivity index (χ1) is 26.0. The third-order valence-electron chi connectivity index (χ3n) is 8.15. The third-order valence-corrected chi connectivity index (χ3v) is 16.3. The predicted octanol–water partition coefficient (Wildman–Crippen LogP) is 14.2. The van der Waals surface area contributed by atoms with Crippen molar-refractivity contribution in [2.45, 2.75) is 41.5 Å². The Morgan fingerprint density at radius 2 is 0.370 bits per heavy atom. The van der Waals surface area contributed by atoms with Gasteiger partial charge in [0.2, 0.25) is 0 Å². The quantitative estimate of drug-likeness (QED) is 0.115. The van der Waals surface area contributed by atoms with Crippen LogP contribution in [0.1, 0.15) is 33.4 Å². The zero-order valence-electron chi connectivity index (χ0n) is 31.0. The predicted molar refractivity (Wildman–Crippen MR) is 219 cm³/mol. The van der Waals surface area contributed by atoms with Crippen LogP contribution in [0, 0.1) is 41.5 Å². The van der Waals surface area contributed by atoms with E-state index in [1.165, 1.54) is 0 Å². The summed E-state index contributed by atoms with van der Waals surface area (Å²) in [5, 5.41) is 0. The second-order valence-corrected chi connectivity index (χ2v) is 19.4. The maximum atomic E-state index is 6.90. The Labute approximate surface area is 317 Å². The van der Waals surface area contributed by atoms with E-state index in [-0.39, 0.29) is 0 Å². The number of hydrogen-bond acceptors (Lipinski definition) is 9. The van der Waals surface area contributed by atoms with Crippen molar-refractivity contribution < 1.29 is 27.1 Å². The van der Waals surface area contributed by atoms with Crippen molar-refractivity contribution >= 4 is 23.0 Å². The first kappa shape index (κ1) is 37.1. The van der Waals surface area contributed by atoms with Gasteiger partial charge in [-0.3, -0.25) is 0 Å². The summed E-state index contributed by atoms with van der Waals surface area (Å²) >= 11 is 0. The summed E-state index contributed by atoms with van der Waals surface area (Å²) in [6, 6.07) is 45.7. The van der Waals surface area contributed by atoms with Gasteiger partial charge in [0.05, 0.1) is 0 Å². The van der Waals surface area contributed by atoms with Crippen LogP contribution in [-0.2, 0) is 0 Å². The van der Waals surface area contributed by atoms with Gasteiger partial charge in [-0.2, -0.15) is 0 Å². The van der Waals surface area contributed by atoms with Gasteiger partial charge in [0.1, 0.15) is 34.5 Å². The van der Waals surface area contributed by atoms with Gasteiger partial charge in [0, 0.05) is 0 Å². The molecule has 0 N–H and O–H groups in total. The van der Waals surface area contributed by atoms with Crippen LogP contribution in [0.4, 0.5) is 0 Å². The number of hydrogen-bond donors (Lipinski definition) is 0. The largest absolute Gasteiger partial charge is 0.460 e. The fourth-order valence-corrected chi connectivity index (χ4v) is 14.2. The average molecular weight is 778 g/mol. The lowest BCUT2D eigenvalue weighted by molar-refractivity contribution is 0.443. The van der Waals surface area contributed by atoms with E-state index < -0.39 is 23.0 Å². The zero-order chi connectivity index (χ0) is 37.8. The van der Waals surface area contributed by atoms with Gasteiger partial charge in [0.25, 0.3) is 0 Å². The molecule has 0 aliphatic carbocycles. The van der Waals surface area contributed by atoms with Crippen molar-refractivity contribution in [3.63, 3.8) is 0 Å². The summed E-state index contributed by atoms with van der Waals surface area (Å²) in [7, 11) is -11.8. The van der Waals surface area contributed by atoms with Crippen LogP contribution in [0.25, 0.3) is 0 Å². The Bertz CT molecular complexity index is 1950. The second-order valence-electron chi connectivity index (χ2n) is 13.2. The Balaban J connectivity index is 1.56. The number of benzene rings is 6. The van der Waals surface area contributed by atoms with Crippen LogP contribution in [0.5, 0.6) is 34.5 Å². The van der Waals surface area contributed by atoms with Gasteiger partial charge < -0.3 is 27.1 Å². The highest BCUT2D eigenvalue weighted by atomic mass is 31.3. The van der Waals surface area contributed by atoms with Crippen molar-refractivity contribution in [2.75, 3.05) is 0 Å². The molecular weight excluding hydrogens is 735 g/mol. The smallest absolute Gasteiger partial charge is 0.413 e. The van der Waals surface area contributed by atoms with Crippen LogP contribution in [0.3, 0.4) is 0 Å². The van der Waals surface area contributed by atoms with E-state index in [1.54, 1.807) is 0 Å². The van der Waals surface area contributed by atoms with E-state index in [9.17, 15) is 0 Å². The number of aryl methyl sites for hydroxylation is 6. The summed E-state index contributed by atoms with van der Waals surface area (Å²) in [5.74, 6) is 2.85. The molecule has 1 aliphatic rings. The minimum atomic E-state index is -3.94. The fourth-order valence-electron chi connectivity index (χ4n) is 5.18. The molecule has 6 aromatic carbocycles. The van der Waals surface area contributed by atoms with Gasteiger partial charge in [0.15, 0.2) is 0 Å². The Morgan fingerprint density at radius 1 is 0.241 bits per heavy atom. The topological polar surface area (TPSA) is 92.5 Å². The Morgan fingerprint density at radius 3 is 0.500 bits per heavy atom. The Hall–Kier alpha value is -5.19. The normalized spacial score (nSPS) is 15.0.